The second-order valence-corrected chi connectivity index (χ2v) is 9.12. The van der Waals surface area contributed by atoms with Gasteiger partial charge in [-0.3, -0.25) is 0 Å². The van der Waals surface area contributed by atoms with E-state index in [1.54, 1.807) is 0 Å². The lowest BCUT2D eigenvalue weighted by Gasteiger charge is -2.32. The zero-order valence-corrected chi connectivity index (χ0v) is 20.0. The van der Waals surface area contributed by atoms with Gasteiger partial charge in [0, 0.05) is 22.1 Å². The summed E-state index contributed by atoms with van der Waals surface area (Å²) < 4.78 is 0. The monoisotopic (exact) mass is 464 g/mol. The van der Waals surface area contributed by atoms with Crippen molar-refractivity contribution in [3.63, 3.8) is 0 Å². The van der Waals surface area contributed by atoms with Crippen molar-refractivity contribution >= 4 is 32.9 Å². The smallest absolute Gasteiger partial charge is 0.0757 e. The molecule has 2 atom stereocenters. The van der Waals surface area contributed by atoms with Crippen molar-refractivity contribution in [1.82, 2.24) is 0 Å². The highest BCUT2D eigenvalue weighted by molar-refractivity contribution is 5.95. The molecule has 0 saturated heterocycles. The molecule has 2 N–H and O–H groups in total. The minimum Gasteiger partial charge on any atom is -0.375 e. The van der Waals surface area contributed by atoms with Crippen LogP contribution in [0.1, 0.15) is 23.2 Å². The lowest BCUT2D eigenvalue weighted by atomic mass is 9.92. The molecule has 2 nitrogen and oxygen atoms in total. The summed E-state index contributed by atoms with van der Waals surface area (Å²) in [6.07, 6.45) is 0. The minimum atomic E-state index is -0.0154. The number of nitrogens with one attached hydrogen (secondary N) is 2. The molecule has 0 bridgehead atoms. The highest BCUT2D eigenvalue weighted by Crippen LogP contribution is 2.38. The molecular weight excluding hydrogens is 436 g/mol. The van der Waals surface area contributed by atoms with Crippen LogP contribution in [0.25, 0.3) is 21.5 Å². The molecule has 0 radical (unpaired) electrons. The van der Waals surface area contributed by atoms with Gasteiger partial charge in [-0.2, -0.15) is 0 Å². The van der Waals surface area contributed by atoms with Crippen LogP contribution in [0.15, 0.2) is 146 Å². The average Bonchev–Trinajstić information content (AvgIpc) is 2.96. The highest BCUT2D eigenvalue weighted by atomic mass is 15.0. The standard InChI is InChI=1S/C34H28N2/c1-3-15-27(16-4-1)33(35-31-23-11-19-25-13-7-9-21-29(25)31)34(28-17-5-2-6-18-28)36-32-24-12-20-26-14-8-10-22-30(26)32/h1-24,33-36H/t33-,34-/m1/s1. The molecule has 0 amide bonds. The van der Waals surface area contributed by atoms with Crippen LogP contribution >= 0.6 is 0 Å². The van der Waals surface area contributed by atoms with E-state index in [-0.39, 0.29) is 12.1 Å². The summed E-state index contributed by atoms with van der Waals surface area (Å²) in [6, 6.07) is 51.5. The van der Waals surface area contributed by atoms with Crippen molar-refractivity contribution in [3.8, 4) is 0 Å². The van der Waals surface area contributed by atoms with Crippen LogP contribution in [0.5, 0.6) is 0 Å². The van der Waals surface area contributed by atoms with Gasteiger partial charge in [-0.05, 0) is 34.0 Å². The molecule has 0 saturated carbocycles. The van der Waals surface area contributed by atoms with Crippen LogP contribution in [0.3, 0.4) is 0 Å². The van der Waals surface area contributed by atoms with E-state index in [0.29, 0.717) is 0 Å². The van der Waals surface area contributed by atoms with Gasteiger partial charge < -0.3 is 10.6 Å². The fourth-order valence-electron chi connectivity index (χ4n) is 5.08. The van der Waals surface area contributed by atoms with E-state index in [4.69, 9.17) is 0 Å². The average molecular weight is 465 g/mol. The molecule has 0 aromatic heterocycles. The van der Waals surface area contributed by atoms with Crippen molar-refractivity contribution in [2.24, 2.45) is 0 Å². The molecular formula is C34H28N2. The SMILES string of the molecule is c1ccc([C@@H](Nc2cccc3ccccc23)[C@H](Nc2cccc3ccccc23)c2ccccc2)cc1. The molecule has 0 aliphatic carbocycles. The number of hydrogen-bond donors (Lipinski definition) is 2. The van der Waals surface area contributed by atoms with Gasteiger partial charge in [0.15, 0.2) is 0 Å². The predicted molar refractivity (Wildman–Crippen MR) is 154 cm³/mol. The summed E-state index contributed by atoms with van der Waals surface area (Å²) in [6.45, 7) is 0. The Balaban J connectivity index is 1.50. The number of rotatable bonds is 7. The summed E-state index contributed by atoms with van der Waals surface area (Å²) in [5.74, 6) is 0. The van der Waals surface area contributed by atoms with Crippen LogP contribution in [0, 0.1) is 0 Å². The van der Waals surface area contributed by atoms with Gasteiger partial charge in [0.2, 0.25) is 0 Å². The van der Waals surface area contributed by atoms with Crippen molar-refractivity contribution < 1.29 is 0 Å². The fraction of sp³-hybridized carbons (Fsp3) is 0.0588. The Hall–Kier alpha value is -4.56. The number of anilines is 2. The first-order chi connectivity index (χ1) is 17.9. The van der Waals surface area contributed by atoms with Gasteiger partial charge in [0.05, 0.1) is 12.1 Å². The van der Waals surface area contributed by atoms with Gasteiger partial charge in [0.1, 0.15) is 0 Å². The number of hydrogen-bond acceptors (Lipinski definition) is 2. The maximum atomic E-state index is 3.94. The maximum Gasteiger partial charge on any atom is 0.0757 e. The Labute approximate surface area is 212 Å². The van der Waals surface area contributed by atoms with Gasteiger partial charge in [-0.15, -0.1) is 0 Å². The van der Waals surface area contributed by atoms with E-state index in [2.05, 4.69) is 156 Å². The quantitative estimate of drug-likeness (QED) is 0.246. The Morgan fingerprint density at radius 2 is 0.694 bits per heavy atom. The van der Waals surface area contributed by atoms with Gasteiger partial charge in [0.25, 0.3) is 0 Å². The van der Waals surface area contributed by atoms with E-state index >= 15 is 0 Å². The summed E-state index contributed by atoms with van der Waals surface area (Å²) in [5, 5.41) is 12.8. The molecule has 0 aliphatic rings. The summed E-state index contributed by atoms with van der Waals surface area (Å²) in [5.41, 5.74) is 4.71. The van der Waals surface area contributed by atoms with Crippen molar-refractivity contribution in [1.29, 1.82) is 0 Å². The third-order valence-corrected chi connectivity index (χ3v) is 6.85. The number of benzene rings is 6. The molecule has 6 rings (SSSR count). The lowest BCUT2D eigenvalue weighted by Crippen LogP contribution is -2.26. The Morgan fingerprint density at radius 1 is 0.333 bits per heavy atom. The van der Waals surface area contributed by atoms with Crippen LogP contribution in [-0.4, -0.2) is 0 Å². The summed E-state index contributed by atoms with van der Waals surface area (Å²) in [7, 11) is 0. The van der Waals surface area contributed by atoms with E-state index in [1.807, 2.05) is 0 Å². The van der Waals surface area contributed by atoms with E-state index in [0.717, 1.165) is 11.4 Å². The highest BCUT2D eigenvalue weighted by Gasteiger charge is 2.26. The van der Waals surface area contributed by atoms with Crippen LogP contribution in [-0.2, 0) is 0 Å². The normalized spacial score (nSPS) is 12.8. The molecule has 6 aromatic rings. The predicted octanol–water partition coefficient (Wildman–Crippen LogP) is 9.00. The minimum absolute atomic E-state index is 0.0154. The fourth-order valence-corrected chi connectivity index (χ4v) is 5.08. The molecule has 0 aliphatic heterocycles. The zero-order valence-electron chi connectivity index (χ0n) is 20.0. The summed E-state index contributed by atoms with van der Waals surface area (Å²) in [4.78, 5) is 0. The largest absolute Gasteiger partial charge is 0.375 e. The molecule has 0 unspecified atom stereocenters. The Kier molecular flexibility index (Phi) is 6.08. The third-order valence-electron chi connectivity index (χ3n) is 6.85. The molecule has 0 fully saturated rings. The van der Waals surface area contributed by atoms with Crippen LogP contribution in [0.2, 0.25) is 0 Å². The molecule has 2 heteroatoms. The van der Waals surface area contributed by atoms with Gasteiger partial charge in [-0.25, -0.2) is 0 Å². The Morgan fingerprint density at radius 3 is 1.14 bits per heavy atom. The first kappa shape index (κ1) is 21.9. The van der Waals surface area contributed by atoms with Crippen molar-refractivity contribution in [3.05, 3.63) is 157 Å². The van der Waals surface area contributed by atoms with E-state index in [9.17, 15) is 0 Å². The second kappa shape index (κ2) is 9.97. The number of fused-ring (bicyclic) bond motifs is 2. The first-order valence-electron chi connectivity index (χ1n) is 12.5. The molecule has 6 aromatic carbocycles. The molecule has 36 heavy (non-hydrogen) atoms. The van der Waals surface area contributed by atoms with Crippen LogP contribution < -0.4 is 10.6 Å². The third kappa shape index (κ3) is 4.42. The van der Waals surface area contributed by atoms with E-state index in [1.165, 1.54) is 32.7 Å². The van der Waals surface area contributed by atoms with Crippen molar-refractivity contribution in [2.45, 2.75) is 12.1 Å². The van der Waals surface area contributed by atoms with Gasteiger partial charge >= 0.3 is 0 Å². The lowest BCUT2D eigenvalue weighted by molar-refractivity contribution is 0.651. The summed E-state index contributed by atoms with van der Waals surface area (Å²) >= 11 is 0. The van der Waals surface area contributed by atoms with Crippen molar-refractivity contribution in [2.75, 3.05) is 10.6 Å². The first-order valence-corrected chi connectivity index (χ1v) is 12.5. The molecule has 0 spiro atoms. The molecule has 0 heterocycles. The molecule has 174 valence electrons. The maximum absolute atomic E-state index is 3.94. The second-order valence-electron chi connectivity index (χ2n) is 9.12. The Bertz CT molecular complexity index is 1460. The topological polar surface area (TPSA) is 24.1 Å². The van der Waals surface area contributed by atoms with E-state index < -0.39 is 0 Å². The zero-order chi connectivity index (χ0) is 24.2. The van der Waals surface area contributed by atoms with Crippen LogP contribution in [0.4, 0.5) is 11.4 Å². The van der Waals surface area contributed by atoms with Gasteiger partial charge in [-0.1, -0.05) is 133 Å².